The topological polar surface area (TPSA) is 49.3 Å². The van der Waals surface area contributed by atoms with Gasteiger partial charge in [0.05, 0.1) is 12.6 Å². The van der Waals surface area contributed by atoms with Crippen LogP contribution in [0.5, 0.6) is 0 Å². The Balaban J connectivity index is 2.77. The second-order valence-electron chi connectivity index (χ2n) is 4.94. The van der Waals surface area contributed by atoms with E-state index in [0.717, 1.165) is 5.56 Å². The van der Waals surface area contributed by atoms with Crippen molar-refractivity contribution in [3.05, 3.63) is 35.1 Å². The van der Waals surface area contributed by atoms with Gasteiger partial charge in [-0.25, -0.2) is 4.39 Å². The van der Waals surface area contributed by atoms with Crippen LogP contribution in [0.15, 0.2) is 18.2 Å². The fraction of sp³-hybridized carbons (Fsp3) is 0.500. The van der Waals surface area contributed by atoms with Crippen LogP contribution < -0.4 is 5.32 Å². The summed E-state index contributed by atoms with van der Waals surface area (Å²) >= 11 is 0. The van der Waals surface area contributed by atoms with E-state index in [2.05, 4.69) is 5.32 Å². The summed E-state index contributed by atoms with van der Waals surface area (Å²) in [7, 11) is 0. The van der Waals surface area contributed by atoms with E-state index in [1.165, 1.54) is 12.1 Å². The zero-order chi connectivity index (χ0) is 13.7. The molecule has 100 valence electrons. The summed E-state index contributed by atoms with van der Waals surface area (Å²) in [6.45, 7) is 5.67. The molecule has 1 unspecified atom stereocenters. The minimum atomic E-state index is -0.435. The van der Waals surface area contributed by atoms with Gasteiger partial charge in [-0.05, 0) is 37.0 Å². The van der Waals surface area contributed by atoms with Gasteiger partial charge in [0.15, 0.2) is 0 Å². The molecular formula is C14H20FNO2. The number of carbonyl (C=O) groups is 1. The molecule has 1 amide bonds. The summed E-state index contributed by atoms with van der Waals surface area (Å²) in [6.07, 6.45) is 0.691. The molecular weight excluding hydrogens is 233 g/mol. The van der Waals surface area contributed by atoms with E-state index in [9.17, 15) is 14.3 Å². The van der Waals surface area contributed by atoms with Crippen molar-refractivity contribution >= 4 is 5.91 Å². The van der Waals surface area contributed by atoms with Crippen molar-refractivity contribution in [2.75, 3.05) is 6.61 Å². The molecule has 0 aliphatic heterocycles. The van der Waals surface area contributed by atoms with Crippen molar-refractivity contribution in [1.82, 2.24) is 5.32 Å². The number of amides is 1. The average molecular weight is 253 g/mol. The van der Waals surface area contributed by atoms with Crippen molar-refractivity contribution in [3.8, 4) is 0 Å². The molecule has 0 radical (unpaired) electrons. The highest BCUT2D eigenvalue weighted by Crippen LogP contribution is 2.11. The second-order valence-corrected chi connectivity index (χ2v) is 4.94. The first-order chi connectivity index (χ1) is 8.43. The Kier molecular flexibility index (Phi) is 5.28. The molecule has 4 heteroatoms. The van der Waals surface area contributed by atoms with E-state index in [1.54, 1.807) is 13.0 Å². The number of halogens is 1. The first kappa shape index (κ1) is 14.6. The molecule has 3 nitrogen and oxygen atoms in total. The van der Waals surface area contributed by atoms with Crippen LogP contribution in [0.25, 0.3) is 0 Å². The summed E-state index contributed by atoms with van der Waals surface area (Å²) in [5.41, 5.74) is 1.03. The van der Waals surface area contributed by atoms with E-state index < -0.39 is 5.82 Å². The molecule has 0 aliphatic carbocycles. The number of carbonyl (C=O) groups excluding carboxylic acids is 1. The van der Waals surface area contributed by atoms with Gasteiger partial charge in [0.2, 0.25) is 0 Å². The van der Waals surface area contributed by atoms with Gasteiger partial charge >= 0.3 is 0 Å². The highest BCUT2D eigenvalue weighted by molar-refractivity contribution is 5.95. The molecule has 1 atom stereocenters. The molecule has 0 aromatic heterocycles. The highest BCUT2D eigenvalue weighted by Gasteiger charge is 2.16. The van der Waals surface area contributed by atoms with Crippen LogP contribution >= 0.6 is 0 Å². The van der Waals surface area contributed by atoms with Crippen molar-refractivity contribution in [1.29, 1.82) is 0 Å². The largest absolute Gasteiger partial charge is 0.394 e. The number of rotatable bonds is 5. The number of benzene rings is 1. The normalized spacial score (nSPS) is 12.6. The minimum Gasteiger partial charge on any atom is -0.394 e. The molecule has 1 rings (SSSR count). The molecule has 0 fully saturated rings. The van der Waals surface area contributed by atoms with Crippen molar-refractivity contribution in [3.63, 3.8) is 0 Å². The number of hydrogen-bond donors (Lipinski definition) is 2. The van der Waals surface area contributed by atoms with Gasteiger partial charge < -0.3 is 10.4 Å². The average Bonchev–Trinajstić information content (AvgIpc) is 2.30. The van der Waals surface area contributed by atoms with Crippen molar-refractivity contribution in [2.45, 2.75) is 33.2 Å². The lowest BCUT2D eigenvalue weighted by Gasteiger charge is -2.18. The predicted molar refractivity (Wildman–Crippen MR) is 68.9 cm³/mol. The van der Waals surface area contributed by atoms with Crippen LogP contribution in [0.4, 0.5) is 4.39 Å². The lowest BCUT2D eigenvalue weighted by molar-refractivity contribution is 0.0907. The number of aliphatic hydroxyl groups is 1. The highest BCUT2D eigenvalue weighted by atomic mass is 19.1. The zero-order valence-corrected chi connectivity index (χ0v) is 11.0. The summed E-state index contributed by atoms with van der Waals surface area (Å²) in [5.74, 6) is -0.405. The smallest absolute Gasteiger partial charge is 0.251 e. The standard InChI is InChI=1S/C14H20FNO2/c1-9(2)6-12(8-17)16-14(18)13-7-11(15)5-4-10(13)3/h4-5,7,9,12,17H,6,8H2,1-3H3,(H,16,18). The van der Waals surface area contributed by atoms with Gasteiger partial charge in [0, 0.05) is 5.56 Å². The molecule has 2 N–H and O–H groups in total. The van der Waals surface area contributed by atoms with Crippen molar-refractivity contribution < 1.29 is 14.3 Å². The van der Waals surface area contributed by atoms with Crippen LogP contribution in [-0.4, -0.2) is 23.7 Å². The van der Waals surface area contributed by atoms with Crippen molar-refractivity contribution in [2.24, 2.45) is 5.92 Å². The van der Waals surface area contributed by atoms with Crippen LogP contribution in [-0.2, 0) is 0 Å². The third-order valence-electron chi connectivity index (χ3n) is 2.76. The monoisotopic (exact) mass is 253 g/mol. The van der Waals surface area contributed by atoms with Crippen LogP contribution in [0.1, 0.15) is 36.2 Å². The van der Waals surface area contributed by atoms with Gasteiger partial charge in [-0.15, -0.1) is 0 Å². The summed E-state index contributed by atoms with van der Waals surface area (Å²) < 4.78 is 13.1. The Hall–Kier alpha value is -1.42. The molecule has 0 spiro atoms. The van der Waals surface area contributed by atoms with E-state index in [0.29, 0.717) is 17.9 Å². The number of hydrogen-bond acceptors (Lipinski definition) is 2. The molecule has 1 aromatic carbocycles. The van der Waals surface area contributed by atoms with E-state index >= 15 is 0 Å². The van der Waals surface area contributed by atoms with Gasteiger partial charge in [-0.2, -0.15) is 0 Å². The Bertz CT molecular complexity index is 418. The fourth-order valence-electron chi connectivity index (χ4n) is 1.85. The van der Waals surface area contributed by atoms with E-state index in [-0.39, 0.29) is 18.6 Å². The molecule has 0 bridgehead atoms. The Morgan fingerprint density at radius 2 is 2.11 bits per heavy atom. The quantitative estimate of drug-likeness (QED) is 0.845. The van der Waals surface area contributed by atoms with Crippen LogP contribution in [0, 0.1) is 18.7 Å². The lowest BCUT2D eigenvalue weighted by atomic mass is 10.0. The Labute approximate surface area is 107 Å². The van der Waals surface area contributed by atoms with Gasteiger partial charge in [0.1, 0.15) is 5.82 Å². The molecule has 1 aromatic rings. The van der Waals surface area contributed by atoms with Gasteiger partial charge in [-0.3, -0.25) is 4.79 Å². The van der Waals surface area contributed by atoms with Crippen LogP contribution in [0.2, 0.25) is 0 Å². The van der Waals surface area contributed by atoms with Crippen LogP contribution in [0.3, 0.4) is 0 Å². The Morgan fingerprint density at radius 1 is 1.44 bits per heavy atom. The maximum atomic E-state index is 13.1. The second kappa shape index (κ2) is 6.50. The number of aryl methyl sites for hydroxylation is 1. The predicted octanol–water partition coefficient (Wildman–Crippen LogP) is 2.27. The molecule has 18 heavy (non-hydrogen) atoms. The number of aliphatic hydroxyl groups excluding tert-OH is 1. The third kappa shape index (κ3) is 4.11. The maximum absolute atomic E-state index is 13.1. The summed E-state index contributed by atoms with van der Waals surface area (Å²) in [5, 5.41) is 11.9. The fourth-order valence-corrected chi connectivity index (χ4v) is 1.85. The van der Waals surface area contributed by atoms with E-state index in [1.807, 2.05) is 13.8 Å². The Morgan fingerprint density at radius 3 is 2.67 bits per heavy atom. The SMILES string of the molecule is Cc1ccc(F)cc1C(=O)NC(CO)CC(C)C. The minimum absolute atomic E-state index is 0.113. The first-order valence-electron chi connectivity index (χ1n) is 6.12. The van der Waals surface area contributed by atoms with E-state index in [4.69, 9.17) is 0 Å². The first-order valence-corrected chi connectivity index (χ1v) is 6.12. The van der Waals surface area contributed by atoms with Gasteiger partial charge in [-0.1, -0.05) is 19.9 Å². The molecule has 0 saturated heterocycles. The number of nitrogens with one attached hydrogen (secondary N) is 1. The summed E-state index contributed by atoms with van der Waals surface area (Å²) in [4.78, 5) is 12.0. The lowest BCUT2D eigenvalue weighted by Crippen LogP contribution is -2.38. The van der Waals surface area contributed by atoms with Gasteiger partial charge in [0.25, 0.3) is 5.91 Å². The molecule has 0 heterocycles. The molecule has 0 aliphatic rings. The zero-order valence-electron chi connectivity index (χ0n) is 11.0. The third-order valence-corrected chi connectivity index (χ3v) is 2.76. The molecule has 0 saturated carbocycles. The maximum Gasteiger partial charge on any atom is 0.251 e. The summed E-state index contributed by atoms with van der Waals surface area (Å²) in [6, 6.07) is 3.82.